The second-order valence-corrected chi connectivity index (χ2v) is 7.85. The zero-order valence-corrected chi connectivity index (χ0v) is 16.5. The van der Waals surface area contributed by atoms with Gasteiger partial charge in [0.25, 0.3) is 0 Å². The summed E-state index contributed by atoms with van der Waals surface area (Å²) in [5.41, 5.74) is 0.878. The fraction of sp³-hybridized carbons (Fsp3) is 0.526. The lowest BCUT2D eigenvalue weighted by Crippen LogP contribution is -2.39. The number of hydrogen-bond acceptors (Lipinski definition) is 8. The molecule has 1 aromatic rings. The van der Waals surface area contributed by atoms with Gasteiger partial charge in [0.1, 0.15) is 18.7 Å². The Morgan fingerprint density at radius 3 is 2.82 bits per heavy atom. The first-order chi connectivity index (χ1) is 13.6. The fourth-order valence-electron chi connectivity index (χ4n) is 3.18. The minimum Gasteiger partial charge on any atom is -0.468 e. The second kappa shape index (κ2) is 9.79. The molecule has 0 saturated carbocycles. The molecule has 0 bridgehead atoms. The third kappa shape index (κ3) is 5.17. The molecule has 3 atom stereocenters. The van der Waals surface area contributed by atoms with Crippen molar-refractivity contribution in [2.75, 3.05) is 19.6 Å². The fourth-order valence-corrected chi connectivity index (χ4v) is 4.43. The van der Waals surface area contributed by atoms with Gasteiger partial charge in [0.05, 0.1) is 12.5 Å². The monoisotopic (exact) mass is 408 g/mol. The Kier molecular flexibility index (Phi) is 7.16. The molecule has 28 heavy (non-hydrogen) atoms. The SMILES string of the molecule is COC(=O)C1CSC(CCCC2C(=O)OCN2C(=O)OCc2ccccc2)N1. The normalized spacial score (nSPS) is 24.1. The predicted octanol–water partition coefficient (Wildman–Crippen LogP) is 1.88. The van der Waals surface area contributed by atoms with Crippen LogP contribution in [-0.4, -0.2) is 60.0 Å². The van der Waals surface area contributed by atoms with Crippen LogP contribution in [0, 0.1) is 0 Å². The second-order valence-electron chi connectivity index (χ2n) is 6.61. The van der Waals surface area contributed by atoms with Crippen molar-refractivity contribution in [2.45, 2.75) is 43.3 Å². The van der Waals surface area contributed by atoms with Crippen LogP contribution in [0.2, 0.25) is 0 Å². The molecule has 2 saturated heterocycles. The molecule has 1 amide bonds. The molecule has 1 N–H and O–H groups in total. The highest BCUT2D eigenvalue weighted by Crippen LogP contribution is 2.26. The van der Waals surface area contributed by atoms with Crippen molar-refractivity contribution in [3.8, 4) is 0 Å². The van der Waals surface area contributed by atoms with Crippen LogP contribution in [0.5, 0.6) is 0 Å². The summed E-state index contributed by atoms with van der Waals surface area (Å²) in [7, 11) is 1.37. The topological polar surface area (TPSA) is 94.2 Å². The smallest absolute Gasteiger partial charge is 0.413 e. The van der Waals surface area contributed by atoms with Gasteiger partial charge in [0.2, 0.25) is 0 Å². The highest BCUT2D eigenvalue weighted by Gasteiger charge is 2.39. The third-order valence-corrected chi connectivity index (χ3v) is 6.01. The molecular weight excluding hydrogens is 384 g/mol. The summed E-state index contributed by atoms with van der Waals surface area (Å²) in [5.74, 6) is -0.00126. The van der Waals surface area contributed by atoms with E-state index in [0.717, 1.165) is 12.0 Å². The van der Waals surface area contributed by atoms with Gasteiger partial charge in [-0.2, -0.15) is 0 Å². The third-order valence-electron chi connectivity index (χ3n) is 4.71. The highest BCUT2D eigenvalue weighted by molar-refractivity contribution is 8.00. The number of carbonyl (C=O) groups excluding carboxylic acids is 3. The van der Waals surface area contributed by atoms with E-state index in [-0.39, 0.29) is 30.7 Å². The van der Waals surface area contributed by atoms with Crippen LogP contribution in [-0.2, 0) is 30.4 Å². The number of hydrogen-bond donors (Lipinski definition) is 1. The van der Waals surface area contributed by atoms with E-state index in [1.807, 2.05) is 30.3 Å². The standard InChI is InChI=1S/C19H24N2O6S/c1-25-17(22)14-11-28-16(20-14)9-5-8-15-18(23)27-12-21(15)19(24)26-10-13-6-3-2-4-7-13/h2-4,6-7,14-16,20H,5,8-12H2,1H3. The van der Waals surface area contributed by atoms with Gasteiger partial charge in [-0.15, -0.1) is 11.8 Å². The van der Waals surface area contributed by atoms with Crippen molar-refractivity contribution in [2.24, 2.45) is 0 Å². The van der Waals surface area contributed by atoms with Crippen molar-refractivity contribution < 1.29 is 28.6 Å². The van der Waals surface area contributed by atoms with Crippen LogP contribution < -0.4 is 5.32 Å². The molecule has 152 valence electrons. The average Bonchev–Trinajstić information content (AvgIpc) is 3.34. The van der Waals surface area contributed by atoms with Crippen molar-refractivity contribution in [1.29, 1.82) is 0 Å². The maximum absolute atomic E-state index is 12.3. The first kappa shape index (κ1) is 20.5. The maximum Gasteiger partial charge on any atom is 0.413 e. The molecule has 2 aliphatic heterocycles. The van der Waals surface area contributed by atoms with E-state index in [4.69, 9.17) is 14.2 Å². The quantitative estimate of drug-likeness (QED) is 0.540. The van der Waals surface area contributed by atoms with Gasteiger partial charge in [-0.25, -0.2) is 9.59 Å². The number of thioether (sulfide) groups is 1. The molecule has 0 spiro atoms. The van der Waals surface area contributed by atoms with E-state index >= 15 is 0 Å². The zero-order chi connectivity index (χ0) is 19.9. The molecular formula is C19H24N2O6S. The zero-order valence-electron chi connectivity index (χ0n) is 15.7. The number of ether oxygens (including phenoxy) is 3. The molecule has 2 heterocycles. The molecule has 2 fully saturated rings. The average molecular weight is 408 g/mol. The molecule has 1 aromatic carbocycles. The largest absolute Gasteiger partial charge is 0.468 e. The Labute approximate surface area is 167 Å². The van der Waals surface area contributed by atoms with E-state index in [2.05, 4.69) is 5.32 Å². The van der Waals surface area contributed by atoms with Crippen LogP contribution in [0.3, 0.4) is 0 Å². The number of rotatable bonds is 7. The molecule has 8 nitrogen and oxygen atoms in total. The van der Waals surface area contributed by atoms with Gasteiger partial charge in [0.15, 0.2) is 6.73 Å². The Bertz CT molecular complexity index is 701. The lowest BCUT2D eigenvalue weighted by molar-refractivity contribution is -0.142. The lowest BCUT2D eigenvalue weighted by Gasteiger charge is -2.20. The van der Waals surface area contributed by atoms with Gasteiger partial charge in [-0.3, -0.25) is 15.0 Å². The van der Waals surface area contributed by atoms with Crippen LogP contribution in [0.4, 0.5) is 4.79 Å². The molecule has 0 aromatic heterocycles. The van der Waals surface area contributed by atoms with Crippen molar-refractivity contribution in [1.82, 2.24) is 10.2 Å². The number of nitrogens with zero attached hydrogens (tertiary/aromatic N) is 1. The van der Waals surface area contributed by atoms with E-state index < -0.39 is 18.1 Å². The van der Waals surface area contributed by atoms with E-state index in [9.17, 15) is 14.4 Å². The number of carbonyl (C=O) groups is 3. The van der Waals surface area contributed by atoms with Gasteiger partial charge in [-0.05, 0) is 24.8 Å². The molecule has 0 radical (unpaired) electrons. The summed E-state index contributed by atoms with van der Waals surface area (Å²) >= 11 is 1.66. The van der Waals surface area contributed by atoms with Gasteiger partial charge in [-0.1, -0.05) is 30.3 Å². The summed E-state index contributed by atoms with van der Waals surface area (Å²) in [6.45, 7) is 0.0621. The first-order valence-corrected chi connectivity index (χ1v) is 10.2. The number of nitrogens with one attached hydrogen (secondary N) is 1. The van der Waals surface area contributed by atoms with Gasteiger partial charge in [0, 0.05) is 5.75 Å². The van der Waals surface area contributed by atoms with E-state index in [1.54, 1.807) is 11.8 Å². The minimum atomic E-state index is -0.633. The summed E-state index contributed by atoms with van der Waals surface area (Å²) in [5, 5.41) is 3.34. The summed E-state index contributed by atoms with van der Waals surface area (Å²) < 4.78 is 15.1. The molecule has 9 heteroatoms. The first-order valence-electron chi connectivity index (χ1n) is 9.18. The number of benzene rings is 1. The molecule has 3 unspecified atom stereocenters. The highest BCUT2D eigenvalue weighted by atomic mass is 32.2. The Morgan fingerprint density at radius 2 is 2.07 bits per heavy atom. The van der Waals surface area contributed by atoms with Crippen LogP contribution in [0.15, 0.2) is 30.3 Å². The Morgan fingerprint density at radius 1 is 1.29 bits per heavy atom. The van der Waals surface area contributed by atoms with E-state index in [1.165, 1.54) is 12.0 Å². The van der Waals surface area contributed by atoms with Crippen LogP contribution in [0.25, 0.3) is 0 Å². The molecule has 3 rings (SSSR count). The van der Waals surface area contributed by atoms with Gasteiger partial charge < -0.3 is 14.2 Å². The summed E-state index contributed by atoms with van der Waals surface area (Å²) in [4.78, 5) is 37.2. The maximum atomic E-state index is 12.3. The predicted molar refractivity (Wildman–Crippen MR) is 102 cm³/mol. The van der Waals surface area contributed by atoms with Crippen LogP contribution >= 0.6 is 11.8 Å². The van der Waals surface area contributed by atoms with Crippen LogP contribution in [0.1, 0.15) is 24.8 Å². The molecule has 0 aliphatic carbocycles. The lowest BCUT2D eigenvalue weighted by atomic mass is 10.1. The Hall–Kier alpha value is -2.26. The summed E-state index contributed by atoms with van der Waals surface area (Å²) in [6, 6.07) is 8.43. The summed E-state index contributed by atoms with van der Waals surface area (Å²) in [6.07, 6.45) is 1.41. The minimum absolute atomic E-state index is 0.0854. The van der Waals surface area contributed by atoms with Gasteiger partial charge >= 0.3 is 18.0 Å². The Balaban J connectivity index is 1.44. The number of esters is 2. The van der Waals surface area contributed by atoms with Crippen molar-refractivity contribution in [3.63, 3.8) is 0 Å². The molecule has 2 aliphatic rings. The van der Waals surface area contributed by atoms with Crippen molar-refractivity contribution in [3.05, 3.63) is 35.9 Å². The number of cyclic esters (lactones) is 1. The van der Waals surface area contributed by atoms with Crippen molar-refractivity contribution >= 4 is 29.8 Å². The number of methoxy groups -OCH3 is 1. The van der Waals surface area contributed by atoms with E-state index in [0.29, 0.717) is 18.6 Å². The number of amides is 1.